The Morgan fingerprint density at radius 3 is 2.68 bits per heavy atom. The van der Waals surface area contributed by atoms with E-state index in [2.05, 4.69) is 5.32 Å². The smallest absolute Gasteiger partial charge is 0.364 e. The van der Waals surface area contributed by atoms with Crippen LogP contribution in [0.3, 0.4) is 0 Å². The summed E-state index contributed by atoms with van der Waals surface area (Å²) in [7, 11) is 0. The van der Waals surface area contributed by atoms with Crippen LogP contribution in [0.4, 0.5) is 17.6 Å². The first-order valence-corrected chi connectivity index (χ1v) is 6.80. The van der Waals surface area contributed by atoms with E-state index in [1.165, 1.54) is 0 Å². The van der Waals surface area contributed by atoms with Crippen LogP contribution in [-0.2, 0) is 22.3 Å². The number of alkyl halides is 3. The molecule has 2 atom stereocenters. The number of hydrogen-bond acceptors (Lipinski definition) is 3. The molecule has 1 saturated heterocycles. The Hall–Kier alpha value is -1.67. The average Bonchev–Trinajstić information content (AvgIpc) is 2.93. The lowest BCUT2D eigenvalue weighted by Gasteiger charge is -2.16. The molecule has 1 aromatic rings. The van der Waals surface area contributed by atoms with Gasteiger partial charge in [-0.1, -0.05) is 6.07 Å². The molecule has 2 rings (SSSR count). The van der Waals surface area contributed by atoms with Crippen LogP contribution in [0, 0.1) is 5.82 Å². The molecule has 0 unspecified atom stereocenters. The first-order valence-electron chi connectivity index (χ1n) is 6.80. The van der Waals surface area contributed by atoms with Gasteiger partial charge in [0, 0.05) is 13.1 Å². The second-order valence-electron chi connectivity index (χ2n) is 5.08. The van der Waals surface area contributed by atoms with Gasteiger partial charge in [-0.25, -0.2) is 4.39 Å². The minimum absolute atomic E-state index is 0.198. The van der Waals surface area contributed by atoms with E-state index in [1.807, 2.05) is 0 Å². The van der Waals surface area contributed by atoms with Crippen molar-refractivity contribution < 1.29 is 27.1 Å². The Bertz CT molecular complexity index is 548. The molecule has 1 fully saturated rings. The van der Waals surface area contributed by atoms with Crippen LogP contribution >= 0.6 is 0 Å². The average molecular weight is 320 g/mol. The van der Waals surface area contributed by atoms with Crippen molar-refractivity contribution in [3.05, 3.63) is 35.1 Å². The van der Waals surface area contributed by atoms with Crippen LogP contribution in [0.25, 0.3) is 0 Å². The van der Waals surface area contributed by atoms with Crippen molar-refractivity contribution in [2.75, 3.05) is 6.54 Å². The van der Waals surface area contributed by atoms with E-state index in [-0.39, 0.29) is 18.2 Å². The second-order valence-corrected chi connectivity index (χ2v) is 5.08. The fourth-order valence-electron chi connectivity index (χ4n) is 2.33. The van der Waals surface area contributed by atoms with Gasteiger partial charge in [-0.2, -0.15) is 13.2 Å². The number of rotatable bonds is 4. The predicted molar refractivity (Wildman–Crippen MR) is 70.2 cm³/mol. The SMILES string of the molecule is NC[C@H]1CC[C@@H](C(=O)NCc2ccc(F)cc2C(F)(F)F)O1. The normalized spacial score (nSPS) is 21.9. The number of carbonyl (C=O) groups is 1. The van der Waals surface area contributed by atoms with E-state index in [1.54, 1.807) is 0 Å². The number of amides is 1. The maximum atomic E-state index is 13.0. The van der Waals surface area contributed by atoms with E-state index in [4.69, 9.17) is 10.5 Å². The third kappa shape index (κ3) is 3.95. The third-order valence-corrected chi connectivity index (χ3v) is 3.49. The van der Waals surface area contributed by atoms with E-state index in [0.29, 0.717) is 25.5 Å². The quantitative estimate of drug-likeness (QED) is 0.834. The van der Waals surface area contributed by atoms with Gasteiger partial charge in [0.2, 0.25) is 5.91 Å². The number of hydrogen-bond donors (Lipinski definition) is 2. The molecule has 0 radical (unpaired) electrons. The summed E-state index contributed by atoms with van der Waals surface area (Å²) in [5.41, 5.74) is 4.13. The van der Waals surface area contributed by atoms with Crippen LogP contribution in [0.1, 0.15) is 24.0 Å². The first kappa shape index (κ1) is 16.7. The lowest BCUT2D eigenvalue weighted by molar-refractivity contribution is -0.139. The van der Waals surface area contributed by atoms with Crippen molar-refractivity contribution in [2.24, 2.45) is 5.73 Å². The highest BCUT2D eigenvalue weighted by Crippen LogP contribution is 2.32. The molecule has 22 heavy (non-hydrogen) atoms. The molecule has 1 heterocycles. The van der Waals surface area contributed by atoms with Gasteiger partial charge in [0.25, 0.3) is 0 Å². The largest absolute Gasteiger partial charge is 0.416 e. The molecule has 1 aliphatic rings. The molecule has 0 saturated carbocycles. The van der Waals surface area contributed by atoms with Crippen molar-refractivity contribution >= 4 is 5.91 Å². The maximum absolute atomic E-state index is 13.0. The highest BCUT2D eigenvalue weighted by atomic mass is 19.4. The van der Waals surface area contributed by atoms with Crippen molar-refractivity contribution in [3.8, 4) is 0 Å². The van der Waals surface area contributed by atoms with Crippen LogP contribution < -0.4 is 11.1 Å². The maximum Gasteiger partial charge on any atom is 0.416 e. The van der Waals surface area contributed by atoms with Gasteiger partial charge in [0.15, 0.2) is 0 Å². The molecule has 0 spiro atoms. The summed E-state index contributed by atoms with van der Waals surface area (Å²) in [6.07, 6.45) is -4.48. The molecule has 1 amide bonds. The highest BCUT2D eigenvalue weighted by molar-refractivity contribution is 5.81. The molecular formula is C14H16F4N2O2. The summed E-state index contributed by atoms with van der Waals surface area (Å²) in [6.45, 7) is -0.0545. The number of nitrogens with one attached hydrogen (secondary N) is 1. The van der Waals surface area contributed by atoms with E-state index in [0.717, 1.165) is 12.1 Å². The summed E-state index contributed by atoms with van der Waals surface area (Å²) in [6, 6.07) is 2.35. The van der Waals surface area contributed by atoms with Crippen molar-refractivity contribution in [3.63, 3.8) is 0 Å². The topological polar surface area (TPSA) is 64.4 Å². The molecular weight excluding hydrogens is 304 g/mol. The lowest BCUT2D eigenvalue weighted by atomic mass is 10.1. The zero-order chi connectivity index (χ0) is 16.3. The molecule has 0 aliphatic carbocycles. The van der Waals surface area contributed by atoms with Crippen LogP contribution in [0.2, 0.25) is 0 Å². The number of nitrogens with two attached hydrogens (primary N) is 1. The molecule has 0 aromatic heterocycles. The standard InChI is InChI=1S/C14H16F4N2O2/c15-9-2-1-8(11(5-9)14(16,17)18)7-20-13(21)12-4-3-10(6-19)22-12/h1-2,5,10,12H,3-4,6-7,19H2,(H,20,21)/t10-,12+/m1/s1. The molecule has 8 heteroatoms. The summed E-state index contributed by atoms with van der Waals surface area (Å²) in [5.74, 6) is -1.47. The zero-order valence-corrected chi connectivity index (χ0v) is 11.6. The van der Waals surface area contributed by atoms with Crippen LogP contribution in [0.15, 0.2) is 18.2 Å². The Kier molecular flexibility index (Phi) is 5.02. The zero-order valence-electron chi connectivity index (χ0n) is 11.6. The van der Waals surface area contributed by atoms with Gasteiger partial charge in [-0.3, -0.25) is 4.79 Å². The van der Waals surface area contributed by atoms with Gasteiger partial charge >= 0.3 is 6.18 Å². The summed E-state index contributed by atoms with van der Waals surface area (Å²) in [4.78, 5) is 11.9. The first-order chi connectivity index (χ1) is 10.3. The monoisotopic (exact) mass is 320 g/mol. The van der Waals surface area contributed by atoms with Gasteiger partial charge in [0.1, 0.15) is 11.9 Å². The summed E-state index contributed by atoms with van der Waals surface area (Å²) >= 11 is 0. The van der Waals surface area contributed by atoms with E-state index < -0.39 is 29.6 Å². The number of ether oxygens (including phenoxy) is 1. The Balaban J connectivity index is 2.01. The van der Waals surface area contributed by atoms with Crippen LogP contribution in [0.5, 0.6) is 0 Å². The number of benzene rings is 1. The Morgan fingerprint density at radius 2 is 2.09 bits per heavy atom. The highest BCUT2D eigenvalue weighted by Gasteiger charge is 2.34. The molecule has 1 aromatic carbocycles. The van der Waals surface area contributed by atoms with Gasteiger partial charge in [-0.15, -0.1) is 0 Å². The molecule has 1 aliphatic heterocycles. The van der Waals surface area contributed by atoms with Crippen molar-refractivity contribution in [2.45, 2.75) is 37.8 Å². The minimum Gasteiger partial charge on any atom is -0.364 e. The minimum atomic E-state index is -4.68. The third-order valence-electron chi connectivity index (χ3n) is 3.49. The molecule has 4 nitrogen and oxygen atoms in total. The summed E-state index contributed by atoms with van der Waals surface area (Å²) in [5, 5.41) is 2.39. The lowest BCUT2D eigenvalue weighted by Crippen LogP contribution is -2.35. The van der Waals surface area contributed by atoms with Crippen molar-refractivity contribution in [1.29, 1.82) is 0 Å². The van der Waals surface area contributed by atoms with Gasteiger partial charge in [0.05, 0.1) is 11.7 Å². The van der Waals surface area contributed by atoms with Crippen LogP contribution in [-0.4, -0.2) is 24.7 Å². The van der Waals surface area contributed by atoms with Gasteiger partial charge in [-0.05, 0) is 30.5 Å². The second kappa shape index (κ2) is 6.62. The van der Waals surface area contributed by atoms with E-state index in [9.17, 15) is 22.4 Å². The Labute approximate surface area is 124 Å². The fraction of sp³-hybridized carbons (Fsp3) is 0.500. The number of carbonyl (C=O) groups excluding carboxylic acids is 1. The van der Waals surface area contributed by atoms with Gasteiger partial charge < -0.3 is 15.8 Å². The molecule has 122 valence electrons. The predicted octanol–water partition coefficient (Wildman–Crippen LogP) is 1.97. The Morgan fingerprint density at radius 1 is 1.36 bits per heavy atom. The summed E-state index contributed by atoms with van der Waals surface area (Å²) < 4.78 is 56.8. The molecule has 3 N–H and O–H groups in total. The fourth-order valence-corrected chi connectivity index (χ4v) is 2.33. The molecule has 0 bridgehead atoms. The van der Waals surface area contributed by atoms with Crippen molar-refractivity contribution in [1.82, 2.24) is 5.32 Å². The van der Waals surface area contributed by atoms with E-state index >= 15 is 0 Å². The number of halogens is 4.